The molecule has 0 atom stereocenters. The van der Waals surface area contributed by atoms with Gasteiger partial charge in [0.05, 0.1) is 0 Å². The molecule has 5 N–H and O–H groups in total. The molecule has 5 aromatic carbocycles. The number of phenolic OH excluding ortho intramolecular Hbond substituents is 5. The third-order valence-electron chi connectivity index (χ3n) is 10.1. The van der Waals surface area contributed by atoms with E-state index in [-0.39, 0.29) is 5.41 Å². The summed E-state index contributed by atoms with van der Waals surface area (Å²) in [5, 5.41) is 45.1. The summed E-state index contributed by atoms with van der Waals surface area (Å²) < 4.78 is 0. The maximum atomic E-state index is 9.10. The van der Waals surface area contributed by atoms with Gasteiger partial charge in [0, 0.05) is 0 Å². The SMILES string of the molecule is CCC(C)(C)c1ccc(O)cc1.CCCCCc1ccc(O)cc1.CCCCc1ccc(O)cc1.CCCc1ccc(O)cc1.CC[CH]CCC.Cc1cccc(O)c1C. The molecule has 5 rings (SSSR count). The first kappa shape index (κ1) is 55.1. The Hall–Kier alpha value is -4.90. The second-order valence-corrected chi connectivity index (χ2v) is 15.8. The predicted molar refractivity (Wildman–Crippen MR) is 259 cm³/mol. The van der Waals surface area contributed by atoms with Crippen LogP contribution in [0.25, 0.3) is 0 Å². The summed E-state index contributed by atoms with van der Waals surface area (Å²) in [6.07, 6.45) is 18.0. The van der Waals surface area contributed by atoms with E-state index in [0.29, 0.717) is 28.7 Å². The molecular weight excluding hydrogens is 741 g/mol. The first-order valence-electron chi connectivity index (χ1n) is 22.4. The number of aryl methyl sites for hydroxylation is 4. The fraction of sp³-hybridized carbons (Fsp3) is 0.436. The van der Waals surface area contributed by atoms with Crippen molar-refractivity contribution in [2.75, 3.05) is 0 Å². The molecule has 0 aliphatic heterocycles. The Labute approximate surface area is 366 Å². The maximum Gasteiger partial charge on any atom is 0.118 e. The Balaban J connectivity index is 0.000000704. The smallest absolute Gasteiger partial charge is 0.118 e. The second kappa shape index (κ2) is 33.9. The lowest BCUT2D eigenvalue weighted by atomic mass is 9.82. The van der Waals surface area contributed by atoms with E-state index in [1.165, 1.54) is 73.6 Å². The van der Waals surface area contributed by atoms with Crippen LogP contribution < -0.4 is 0 Å². The molecule has 5 aromatic rings. The molecular formula is C55H81O5. The van der Waals surface area contributed by atoms with Gasteiger partial charge in [-0.15, -0.1) is 0 Å². The molecule has 0 aromatic heterocycles. The molecule has 60 heavy (non-hydrogen) atoms. The van der Waals surface area contributed by atoms with Crippen molar-refractivity contribution >= 4 is 0 Å². The minimum atomic E-state index is 0.216. The summed E-state index contributed by atoms with van der Waals surface area (Å²) in [5.74, 6) is 1.78. The van der Waals surface area contributed by atoms with Gasteiger partial charge in [-0.3, -0.25) is 0 Å². The van der Waals surface area contributed by atoms with E-state index in [9.17, 15) is 0 Å². The van der Waals surface area contributed by atoms with Gasteiger partial charge in [0.25, 0.3) is 0 Å². The average molecular weight is 822 g/mol. The van der Waals surface area contributed by atoms with Gasteiger partial charge in [0.1, 0.15) is 28.7 Å². The Morgan fingerprint density at radius 2 is 0.867 bits per heavy atom. The fourth-order valence-electron chi connectivity index (χ4n) is 5.50. The monoisotopic (exact) mass is 822 g/mol. The Kier molecular flexibility index (Phi) is 31.1. The van der Waals surface area contributed by atoms with Crippen molar-refractivity contribution in [1.29, 1.82) is 0 Å². The first-order chi connectivity index (χ1) is 28.7. The van der Waals surface area contributed by atoms with E-state index >= 15 is 0 Å². The highest BCUT2D eigenvalue weighted by molar-refractivity contribution is 5.37. The van der Waals surface area contributed by atoms with Gasteiger partial charge in [-0.2, -0.15) is 0 Å². The largest absolute Gasteiger partial charge is 0.508 e. The van der Waals surface area contributed by atoms with Crippen LogP contribution in [-0.2, 0) is 24.7 Å². The summed E-state index contributed by atoms with van der Waals surface area (Å²) in [7, 11) is 0. The number of hydrogen-bond donors (Lipinski definition) is 5. The Morgan fingerprint density at radius 3 is 1.20 bits per heavy atom. The summed E-state index contributed by atoms with van der Waals surface area (Å²) >= 11 is 0. The standard InChI is InChI=1S/2C11H16O.C10H14O.C9H12O.C8H10O.C6H13/c1-4-11(2,3)9-5-7-10(12)8-6-9;1-2-3-4-5-10-6-8-11(12)9-7-10;1-2-3-4-9-5-7-10(11)8-6-9;1-2-3-8-4-6-9(10)7-5-8;1-6-4-3-5-8(9)7(6)2;1-3-5-6-4-2/h5-8,12H,4H2,1-3H3;6-9,12H,2-5H2,1H3;5-8,11H,2-4H2,1H3;4-7,10H,2-3H2,1H3;3-5,9H,1-2H3;5H,3-4,6H2,1-2H3. The predicted octanol–water partition coefficient (Wildman–Crippen LogP) is 15.7. The van der Waals surface area contributed by atoms with E-state index < -0.39 is 0 Å². The molecule has 0 amide bonds. The lowest BCUT2D eigenvalue weighted by molar-refractivity contribution is 0.470. The number of phenols is 5. The molecule has 5 nitrogen and oxygen atoms in total. The lowest BCUT2D eigenvalue weighted by Crippen LogP contribution is -2.14. The van der Waals surface area contributed by atoms with E-state index in [1.54, 1.807) is 54.6 Å². The molecule has 331 valence electrons. The van der Waals surface area contributed by atoms with Gasteiger partial charge < -0.3 is 25.5 Å². The summed E-state index contributed by atoms with van der Waals surface area (Å²) in [5.41, 5.74) is 7.52. The molecule has 0 heterocycles. The lowest BCUT2D eigenvalue weighted by Gasteiger charge is -2.22. The zero-order valence-electron chi connectivity index (χ0n) is 39.0. The number of unbranched alkanes of at least 4 members (excludes halogenated alkanes) is 6. The molecule has 0 aliphatic rings. The van der Waals surface area contributed by atoms with Gasteiger partial charge in [0.2, 0.25) is 0 Å². The minimum absolute atomic E-state index is 0.216. The zero-order valence-corrected chi connectivity index (χ0v) is 39.0. The van der Waals surface area contributed by atoms with E-state index in [1.807, 2.05) is 74.5 Å². The van der Waals surface area contributed by atoms with Crippen molar-refractivity contribution in [1.82, 2.24) is 0 Å². The molecule has 0 saturated heterocycles. The summed E-state index contributed by atoms with van der Waals surface area (Å²) in [4.78, 5) is 0. The quantitative estimate of drug-likeness (QED) is 0.0718. The third-order valence-corrected chi connectivity index (χ3v) is 10.1. The number of aromatic hydroxyl groups is 5. The highest BCUT2D eigenvalue weighted by Crippen LogP contribution is 2.27. The van der Waals surface area contributed by atoms with Crippen molar-refractivity contribution in [3.63, 3.8) is 0 Å². The van der Waals surface area contributed by atoms with E-state index in [0.717, 1.165) is 43.2 Å². The first-order valence-corrected chi connectivity index (χ1v) is 22.4. The third kappa shape index (κ3) is 27.0. The van der Waals surface area contributed by atoms with Crippen LogP contribution in [0.15, 0.2) is 115 Å². The number of hydrogen-bond acceptors (Lipinski definition) is 5. The Morgan fingerprint density at radius 1 is 0.450 bits per heavy atom. The van der Waals surface area contributed by atoms with Gasteiger partial charge in [0.15, 0.2) is 0 Å². The summed E-state index contributed by atoms with van der Waals surface area (Å²) in [6, 6.07) is 35.3. The maximum absolute atomic E-state index is 9.10. The van der Waals surface area contributed by atoms with Crippen LogP contribution in [0.4, 0.5) is 0 Å². The molecule has 0 aliphatic carbocycles. The fourth-order valence-corrected chi connectivity index (χ4v) is 5.50. The minimum Gasteiger partial charge on any atom is -0.508 e. The van der Waals surface area contributed by atoms with Gasteiger partial charge in [-0.1, -0.05) is 161 Å². The van der Waals surface area contributed by atoms with Crippen LogP contribution in [0.1, 0.15) is 153 Å². The van der Waals surface area contributed by atoms with Gasteiger partial charge in [-0.05, 0) is 152 Å². The molecule has 0 unspecified atom stereocenters. The highest BCUT2D eigenvalue weighted by Gasteiger charge is 2.17. The van der Waals surface area contributed by atoms with Crippen molar-refractivity contribution in [3.05, 3.63) is 155 Å². The van der Waals surface area contributed by atoms with Gasteiger partial charge >= 0.3 is 0 Å². The van der Waals surface area contributed by atoms with Crippen LogP contribution >= 0.6 is 0 Å². The molecule has 0 saturated carbocycles. The van der Waals surface area contributed by atoms with Crippen molar-refractivity contribution in [3.8, 4) is 28.7 Å². The average Bonchev–Trinajstić information content (AvgIpc) is 3.25. The number of benzene rings is 5. The van der Waals surface area contributed by atoms with E-state index in [4.69, 9.17) is 25.5 Å². The molecule has 0 fully saturated rings. The van der Waals surface area contributed by atoms with Crippen LogP contribution in [-0.4, -0.2) is 25.5 Å². The normalized spacial score (nSPS) is 10.1. The zero-order chi connectivity index (χ0) is 45.2. The van der Waals surface area contributed by atoms with Crippen LogP contribution in [0.2, 0.25) is 0 Å². The topological polar surface area (TPSA) is 101 Å². The molecule has 1 radical (unpaired) electrons. The number of rotatable bonds is 14. The second-order valence-electron chi connectivity index (χ2n) is 15.8. The molecule has 5 heteroatoms. The van der Waals surface area contributed by atoms with Gasteiger partial charge in [-0.25, -0.2) is 0 Å². The van der Waals surface area contributed by atoms with Crippen molar-refractivity contribution < 1.29 is 25.5 Å². The Bertz CT molecular complexity index is 1700. The van der Waals surface area contributed by atoms with Crippen LogP contribution in [0.5, 0.6) is 28.7 Å². The van der Waals surface area contributed by atoms with E-state index in [2.05, 4.69) is 61.8 Å². The highest BCUT2D eigenvalue weighted by atomic mass is 16.3. The van der Waals surface area contributed by atoms with Crippen LogP contribution in [0.3, 0.4) is 0 Å². The molecule has 0 bridgehead atoms. The van der Waals surface area contributed by atoms with Crippen LogP contribution in [0, 0.1) is 20.3 Å². The summed E-state index contributed by atoms with van der Waals surface area (Å²) in [6.45, 7) is 21.4. The van der Waals surface area contributed by atoms with Crippen molar-refractivity contribution in [2.45, 2.75) is 158 Å². The van der Waals surface area contributed by atoms with Crippen molar-refractivity contribution in [2.24, 2.45) is 0 Å². The molecule has 0 spiro atoms.